The lowest BCUT2D eigenvalue weighted by Crippen LogP contribution is -2.43. The van der Waals surface area contributed by atoms with Gasteiger partial charge in [0.2, 0.25) is 17.8 Å². The molecule has 1 aliphatic carbocycles. The average molecular weight is 518 g/mol. The Labute approximate surface area is 222 Å². The minimum absolute atomic E-state index is 0.121. The van der Waals surface area contributed by atoms with Gasteiger partial charge in [-0.3, -0.25) is 14.4 Å². The molecule has 1 aliphatic rings. The SMILES string of the molecule is CN(C)c1nc(N[C@H]2CC[C@@H](CNC(=O)CNC(=O)CNC(=O)c3ccccc3)CC2)nc2ccccc12. The zero-order valence-electron chi connectivity index (χ0n) is 21.9. The van der Waals surface area contributed by atoms with E-state index in [1.165, 1.54) is 0 Å². The van der Waals surface area contributed by atoms with E-state index in [-0.39, 0.29) is 30.9 Å². The van der Waals surface area contributed by atoms with Crippen LogP contribution in [0.1, 0.15) is 36.0 Å². The maximum Gasteiger partial charge on any atom is 0.251 e. The van der Waals surface area contributed by atoms with Gasteiger partial charge >= 0.3 is 0 Å². The van der Waals surface area contributed by atoms with Crippen LogP contribution < -0.4 is 26.2 Å². The van der Waals surface area contributed by atoms with Crippen LogP contribution in [-0.4, -0.2) is 67.5 Å². The molecule has 1 saturated carbocycles. The molecule has 0 unspecified atom stereocenters. The first-order valence-corrected chi connectivity index (χ1v) is 13.0. The van der Waals surface area contributed by atoms with Gasteiger partial charge in [0, 0.05) is 37.6 Å². The minimum Gasteiger partial charge on any atom is -0.362 e. The molecule has 1 fully saturated rings. The molecule has 0 bridgehead atoms. The van der Waals surface area contributed by atoms with E-state index in [2.05, 4.69) is 21.3 Å². The highest BCUT2D eigenvalue weighted by Crippen LogP contribution is 2.28. The molecule has 10 heteroatoms. The van der Waals surface area contributed by atoms with E-state index in [1.54, 1.807) is 24.3 Å². The number of nitrogens with zero attached hydrogens (tertiary/aromatic N) is 3. The summed E-state index contributed by atoms with van der Waals surface area (Å²) in [6.45, 7) is 0.267. The highest BCUT2D eigenvalue weighted by molar-refractivity contribution is 5.96. The molecule has 1 aromatic heterocycles. The Balaban J connectivity index is 1.14. The number of amides is 3. The molecular formula is C28H35N7O3. The van der Waals surface area contributed by atoms with Crippen LogP contribution in [0.5, 0.6) is 0 Å². The van der Waals surface area contributed by atoms with Gasteiger partial charge < -0.3 is 26.2 Å². The molecule has 38 heavy (non-hydrogen) atoms. The quantitative estimate of drug-likeness (QED) is 0.325. The third-order valence-corrected chi connectivity index (χ3v) is 6.67. The van der Waals surface area contributed by atoms with Crippen LogP contribution in [0, 0.1) is 5.92 Å². The maximum atomic E-state index is 12.2. The summed E-state index contributed by atoms with van der Waals surface area (Å²) >= 11 is 0. The van der Waals surface area contributed by atoms with Crippen LogP contribution in [-0.2, 0) is 9.59 Å². The normalized spacial score (nSPS) is 16.9. The van der Waals surface area contributed by atoms with Gasteiger partial charge in [-0.1, -0.05) is 30.3 Å². The van der Waals surface area contributed by atoms with E-state index >= 15 is 0 Å². The van der Waals surface area contributed by atoms with Crippen molar-refractivity contribution in [3.05, 3.63) is 60.2 Å². The predicted octanol–water partition coefficient (Wildman–Crippen LogP) is 2.33. The first kappa shape index (κ1) is 26.8. The standard InChI is InChI=1S/C28H35N7O3/c1-35(2)26-22-10-6-7-11-23(22)33-28(34-26)32-21-14-12-19(13-15-21)16-29-24(36)17-30-25(37)18-31-27(38)20-8-4-3-5-9-20/h3-11,19,21H,12-18H2,1-2H3,(H,29,36)(H,30,37)(H,31,38)(H,32,33,34)/t19-,21+. The lowest BCUT2D eigenvalue weighted by atomic mass is 9.86. The summed E-state index contributed by atoms with van der Waals surface area (Å²) in [6.07, 6.45) is 3.88. The van der Waals surface area contributed by atoms with Crippen LogP contribution in [0.15, 0.2) is 54.6 Å². The largest absolute Gasteiger partial charge is 0.362 e. The summed E-state index contributed by atoms with van der Waals surface area (Å²) < 4.78 is 0. The van der Waals surface area contributed by atoms with Gasteiger partial charge in [-0.05, 0) is 55.9 Å². The van der Waals surface area contributed by atoms with Crippen LogP contribution in [0.4, 0.5) is 11.8 Å². The van der Waals surface area contributed by atoms with Gasteiger partial charge in [-0.15, -0.1) is 0 Å². The number of carbonyl (C=O) groups excluding carboxylic acids is 3. The van der Waals surface area contributed by atoms with Gasteiger partial charge in [0.25, 0.3) is 5.91 Å². The zero-order valence-corrected chi connectivity index (χ0v) is 21.9. The van der Waals surface area contributed by atoms with Crippen molar-refractivity contribution in [3.8, 4) is 0 Å². The van der Waals surface area contributed by atoms with Crippen molar-refractivity contribution in [1.82, 2.24) is 25.9 Å². The van der Waals surface area contributed by atoms with Crippen molar-refractivity contribution < 1.29 is 14.4 Å². The molecule has 3 aromatic rings. The maximum absolute atomic E-state index is 12.2. The molecule has 4 rings (SSSR count). The second kappa shape index (κ2) is 12.8. The summed E-state index contributed by atoms with van der Waals surface area (Å²) in [5, 5.41) is 12.5. The first-order valence-electron chi connectivity index (χ1n) is 13.0. The van der Waals surface area contributed by atoms with Crippen molar-refractivity contribution in [2.45, 2.75) is 31.7 Å². The summed E-state index contributed by atoms with van der Waals surface area (Å²) in [4.78, 5) is 47.6. The molecule has 0 spiro atoms. The van der Waals surface area contributed by atoms with Crippen LogP contribution in [0.2, 0.25) is 0 Å². The number of fused-ring (bicyclic) bond motifs is 1. The summed E-state index contributed by atoms with van der Waals surface area (Å²) in [5.41, 5.74) is 1.39. The van der Waals surface area contributed by atoms with Crippen molar-refractivity contribution >= 4 is 40.4 Å². The molecule has 0 aliphatic heterocycles. The third-order valence-electron chi connectivity index (χ3n) is 6.67. The van der Waals surface area contributed by atoms with Gasteiger partial charge in [-0.2, -0.15) is 4.98 Å². The monoisotopic (exact) mass is 517 g/mol. The Morgan fingerprint density at radius 3 is 2.21 bits per heavy atom. The zero-order chi connectivity index (χ0) is 26.9. The van der Waals surface area contributed by atoms with Gasteiger partial charge in [-0.25, -0.2) is 4.98 Å². The molecule has 0 atom stereocenters. The number of carbonyl (C=O) groups is 3. The molecule has 200 valence electrons. The van der Waals surface area contributed by atoms with Crippen LogP contribution in [0.25, 0.3) is 10.9 Å². The summed E-state index contributed by atoms with van der Waals surface area (Å²) in [6, 6.07) is 16.9. The van der Waals surface area contributed by atoms with E-state index in [0.717, 1.165) is 42.4 Å². The molecular weight excluding hydrogens is 482 g/mol. The second-order valence-corrected chi connectivity index (χ2v) is 9.77. The number of benzene rings is 2. The molecule has 4 N–H and O–H groups in total. The van der Waals surface area contributed by atoms with E-state index < -0.39 is 5.91 Å². The number of aromatic nitrogens is 2. The van der Waals surface area contributed by atoms with Crippen molar-refractivity contribution in [2.75, 3.05) is 43.9 Å². The smallest absolute Gasteiger partial charge is 0.251 e. The van der Waals surface area contributed by atoms with Crippen molar-refractivity contribution in [2.24, 2.45) is 5.92 Å². The van der Waals surface area contributed by atoms with Crippen molar-refractivity contribution in [3.63, 3.8) is 0 Å². The molecule has 2 aromatic carbocycles. The molecule has 0 radical (unpaired) electrons. The molecule has 10 nitrogen and oxygen atoms in total. The lowest BCUT2D eigenvalue weighted by molar-refractivity contribution is -0.125. The lowest BCUT2D eigenvalue weighted by Gasteiger charge is -2.29. The third kappa shape index (κ3) is 7.41. The Bertz CT molecular complexity index is 1260. The Morgan fingerprint density at radius 1 is 0.816 bits per heavy atom. The van der Waals surface area contributed by atoms with E-state index in [4.69, 9.17) is 9.97 Å². The van der Waals surface area contributed by atoms with E-state index in [0.29, 0.717) is 24.0 Å². The fourth-order valence-corrected chi connectivity index (χ4v) is 4.57. The Hall–Kier alpha value is -4.21. The fraction of sp³-hybridized carbons (Fsp3) is 0.393. The van der Waals surface area contributed by atoms with Gasteiger partial charge in [0.1, 0.15) is 5.82 Å². The van der Waals surface area contributed by atoms with Gasteiger partial charge in [0.15, 0.2) is 0 Å². The number of rotatable bonds is 10. The van der Waals surface area contributed by atoms with Crippen molar-refractivity contribution in [1.29, 1.82) is 0 Å². The highest BCUT2D eigenvalue weighted by Gasteiger charge is 2.23. The highest BCUT2D eigenvalue weighted by atomic mass is 16.2. The number of para-hydroxylation sites is 1. The van der Waals surface area contributed by atoms with Gasteiger partial charge in [0.05, 0.1) is 18.6 Å². The fourth-order valence-electron chi connectivity index (χ4n) is 4.57. The molecule has 3 amide bonds. The Morgan fingerprint density at radius 2 is 1.47 bits per heavy atom. The number of hydrogen-bond donors (Lipinski definition) is 4. The number of hydrogen-bond acceptors (Lipinski definition) is 7. The first-order chi connectivity index (χ1) is 18.4. The summed E-state index contributed by atoms with van der Waals surface area (Å²) in [7, 11) is 3.96. The van der Waals surface area contributed by atoms with Crippen LogP contribution >= 0.6 is 0 Å². The number of nitrogens with one attached hydrogen (secondary N) is 4. The topological polar surface area (TPSA) is 128 Å². The van der Waals surface area contributed by atoms with E-state index in [9.17, 15) is 14.4 Å². The molecule has 1 heterocycles. The minimum atomic E-state index is -0.413. The predicted molar refractivity (Wildman–Crippen MR) is 148 cm³/mol. The summed E-state index contributed by atoms with van der Waals surface area (Å²) in [5.74, 6) is 0.923. The number of anilines is 2. The molecule has 0 saturated heterocycles. The van der Waals surface area contributed by atoms with Crippen LogP contribution in [0.3, 0.4) is 0 Å². The van der Waals surface area contributed by atoms with E-state index in [1.807, 2.05) is 49.3 Å². The second-order valence-electron chi connectivity index (χ2n) is 9.77. The average Bonchev–Trinajstić information content (AvgIpc) is 2.94. The Kier molecular flexibility index (Phi) is 9.07.